The highest BCUT2D eigenvalue weighted by Gasteiger charge is 2.25. The normalized spacial score (nSPS) is 12.1. The number of likely N-dealkylation sites (N-methyl/N-ethyl adjacent to an activating group) is 1. The van der Waals surface area contributed by atoms with Crippen LogP contribution in [-0.4, -0.2) is 36.9 Å². The van der Waals surface area contributed by atoms with Gasteiger partial charge in [0, 0.05) is 20.5 Å². The quantitative estimate of drug-likeness (QED) is 0.878. The fourth-order valence-corrected chi connectivity index (χ4v) is 2.82. The second kappa shape index (κ2) is 8.01. The number of carbonyl (C=O) groups is 2. The van der Waals surface area contributed by atoms with E-state index in [1.807, 2.05) is 44.2 Å². The Bertz CT molecular complexity index is 771. The number of nitrogens with zero attached hydrogens (tertiary/aromatic N) is 1. The molecule has 0 aromatic heterocycles. The number of nitrogens with one attached hydrogen (secondary N) is 1. The molecular weight excluding hydrogens is 316 g/mol. The zero-order chi connectivity index (χ0) is 18.6. The van der Waals surface area contributed by atoms with Gasteiger partial charge in [0.1, 0.15) is 11.8 Å². The highest BCUT2D eigenvalue weighted by Crippen LogP contribution is 2.22. The minimum atomic E-state index is -0.507. The highest BCUT2D eigenvalue weighted by atomic mass is 16.5. The van der Waals surface area contributed by atoms with Crippen molar-refractivity contribution in [3.05, 3.63) is 42.0 Å². The number of benzene rings is 2. The lowest BCUT2D eigenvalue weighted by molar-refractivity contribution is -0.136. The van der Waals surface area contributed by atoms with E-state index in [9.17, 15) is 9.59 Å². The summed E-state index contributed by atoms with van der Waals surface area (Å²) in [4.78, 5) is 25.7. The first kappa shape index (κ1) is 18.8. The summed E-state index contributed by atoms with van der Waals surface area (Å²) in [6.45, 7) is 5.77. The summed E-state index contributed by atoms with van der Waals surface area (Å²) in [6, 6.07) is 11.5. The van der Waals surface area contributed by atoms with Crippen LogP contribution in [0, 0.1) is 5.92 Å². The summed E-state index contributed by atoms with van der Waals surface area (Å²) in [5, 5.41) is 4.94. The van der Waals surface area contributed by atoms with Crippen LogP contribution in [0.4, 0.5) is 0 Å². The van der Waals surface area contributed by atoms with Crippen LogP contribution >= 0.6 is 0 Å². The van der Waals surface area contributed by atoms with Gasteiger partial charge in [-0.3, -0.25) is 9.59 Å². The number of hydrogen-bond acceptors (Lipinski definition) is 3. The predicted molar refractivity (Wildman–Crippen MR) is 99.4 cm³/mol. The van der Waals surface area contributed by atoms with E-state index in [2.05, 4.69) is 11.4 Å². The van der Waals surface area contributed by atoms with Crippen molar-refractivity contribution in [3.8, 4) is 5.75 Å². The van der Waals surface area contributed by atoms with Gasteiger partial charge in [0.2, 0.25) is 11.8 Å². The molecule has 1 N–H and O–H groups in total. The van der Waals surface area contributed by atoms with Gasteiger partial charge in [-0.15, -0.1) is 0 Å². The Balaban J connectivity index is 2.15. The summed E-state index contributed by atoms with van der Waals surface area (Å²) in [7, 11) is 3.41. The van der Waals surface area contributed by atoms with Crippen molar-refractivity contribution in [3.63, 3.8) is 0 Å². The molecule has 0 aliphatic heterocycles. The molecule has 2 aromatic carbocycles. The van der Waals surface area contributed by atoms with Crippen molar-refractivity contribution in [2.24, 2.45) is 5.92 Å². The summed E-state index contributed by atoms with van der Waals surface area (Å²) < 4.78 is 5.24. The molecule has 0 saturated heterocycles. The van der Waals surface area contributed by atoms with Gasteiger partial charge in [-0.05, 0) is 40.5 Å². The third-order valence-electron chi connectivity index (χ3n) is 4.20. The van der Waals surface area contributed by atoms with Gasteiger partial charge >= 0.3 is 0 Å². The maximum atomic E-state index is 12.7. The molecule has 0 radical (unpaired) electrons. The summed E-state index contributed by atoms with van der Waals surface area (Å²) >= 11 is 0. The van der Waals surface area contributed by atoms with Gasteiger partial charge < -0.3 is 15.0 Å². The SMILES string of the molecule is COc1ccc2cc(CN(C)C(=O)[C@@H](NC(C)=O)C(C)C)ccc2c1. The second-order valence-corrected chi connectivity index (χ2v) is 6.66. The number of methoxy groups -OCH3 is 1. The average Bonchev–Trinajstić information content (AvgIpc) is 2.58. The van der Waals surface area contributed by atoms with Crippen LogP contribution in [0.1, 0.15) is 26.3 Å². The summed E-state index contributed by atoms with van der Waals surface area (Å²) in [6.07, 6.45) is 0. The molecule has 2 aromatic rings. The lowest BCUT2D eigenvalue weighted by atomic mass is 10.0. The molecule has 0 heterocycles. The molecule has 0 bridgehead atoms. The molecule has 2 amide bonds. The van der Waals surface area contributed by atoms with Crippen molar-refractivity contribution in [2.75, 3.05) is 14.2 Å². The predicted octanol–water partition coefficient (Wildman–Crippen LogP) is 2.97. The molecule has 5 heteroatoms. The van der Waals surface area contributed by atoms with Gasteiger partial charge in [0.15, 0.2) is 0 Å². The van der Waals surface area contributed by atoms with Crippen molar-refractivity contribution in [1.82, 2.24) is 10.2 Å². The average molecular weight is 342 g/mol. The topological polar surface area (TPSA) is 58.6 Å². The number of amides is 2. The van der Waals surface area contributed by atoms with E-state index < -0.39 is 6.04 Å². The maximum absolute atomic E-state index is 12.7. The molecule has 134 valence electrons. The first-order chi connectivity index (χ1) is 11.8. The van der Waals surface area contributed by atoms with E-state index in [4.69, 9.17) is 4.74 Å². The Morgan fingerprint density at radius 3 is 2.36 bits per heavy atom. The fraction of sp³-hybridized carbons (Fsp3) is 0.400. The molecule has 25 heavy (non-hydrogen) atoms. The molecule has 0 spiro atoms. The van der Waals surface area contributed by atoms with Crippen LogP contribution in [0.5, 0.6) is 5.75 Å². The van der Waals surface area contributed by atoms with Gasteiger partial charge in [-0.25, -0.2) is 0 Å². The van der Waals surface area contributed by atoms with E-state index in [1.54, 1.807) is 19.1 Å². The van der Waals surface area contributed by atoms with E-state index >= 15 is 0 Å². The first-order valence-corrected chi connectivity index (χ1v) is 8.40. The van der Waals surface area contributed by atoms with Crippen molar-refractivity contribution >= 4 is 22.6 Å². The van der Waals surface area contributed by atoms with Crippen LogP contribution in [0.2, 0.25) is 0 Å². The molecule has 0 aliphatic rings. The zero-order valence-electron chi connectivity index (χ0n) is 15.5. The first-order valence-electron chi connectivity index (χ1n) is 8.40. The van der Waals surface area contributed by atoms with Gasteiger partial charge in [0.05, 0.1) is 7.11 Å². The third-order valence-corrected chi connectivity index (χ3v) is 4.20. The summed E-state index contributed by atoms with van der Waals surface area (Å²) in [5.41, 5.74) is 1.04. The standard InChI is InChI=1S/C20H26N2O3/c1-13(2)19(21-14(3)23)20(24)22(4)12-15-6-7-17-11-18(25-5)9-8-16(17)10-15/h6-11,13,19H,12H2,1-5H3,(H,21,23)/t19-/m0/s1. The number of hydrogen-bond donors (Lipinski definition) is 1. The van der Waals surface area contributed by atoms with Gasteiger partial charge in [-0.1, -0.05) is 32.0 Å². The molecular formula is C20H26N2O3. The minimum absolute atomic E-state index is 0.0305. The van der Waals surface area contributed by atoms with Crippen molar-refractivity contribution in [2.45, 2.75) is 33.4 Å². The summed E-state index contributed by atoms with van der Waals surface area (Å²) in [5.74, 6) is 0.575. The van der Waals surface area contributed by atoms with Crippen LogP contribution in [0.25, 0.3) is 10.8 Å². The highest BCUT2D eigenvalue weighted by molar-refractivity contribution is 5.87. The van der Waals surface area contributed by atoms with E-state index in [1.165, 1.54) is 6.92 Å². The van der Waals surface area contributed by atoms with Crippen molar-refractivity contribution in [1.29, 1.82) is 0 Å². The monoisotopic (exact) mass is 342 g/mol. The number of fused-ring (bicyclic) bond motifs is 1. The lowest BCUT2D eigenvalue weighted by Gasteiger charge is -2.27. The number of rotatable bonds is 6. The number of carbonyl (C=O) groups excluding carboxylic acids is 2. The van der Waals surface area contributed by atoms with Crippen LogP contribution in [0.15, 0.2) is 36.4 Å². The van der Waals surface area contributed by atoms with Crippen LogP contribution < -0.4 is 10.1 Å². The molecule has 2 rings (SSSR count). The molecule has 0 fully saturated rings. The van der Waals surface area contributed by atoms with E-state index in [-0.39, 0.29) is 17.7 Å². The van der Waals surface area contributed by atoms with Gasteiger partial charge in [-0.2, -0.15) is 0 Å². The van der Waals surface area contributed by atoms with E-state index in [0.717, 1.165) is 22.1 Å². The largest absolute Gasteiger partial charge is 0.497 e. The molecule has 1 atom stereocenters. The smallest absolute Gasteiger partial charge is 0.245 e. The Morgan fingerprint density at radius 2 is 1.76 bits per heavy atom. The second-order valence-electron chi connectivity index (χ2n) is 6.66. The third kappa shape index (κ3) is 4.72. The Kier molecular flexibility index (Phi) is 6.02. The molecule has 0 unspecified atom stereocenters. The minimum Gasteiger partial charge on any atom is -0.497 e. The van der Waals surface area contributed by atoms with Gasteiger partial charge in [0.25, 0.3) is 0 Å². The van der Waals surface area contributed by atoms with Crippen LogP contribution in [0.3, 0.4) is 0 Å². The Labute approximate surface area is 149 Å². The van der Waals surface area contributed by atoms with Crippen molar-refractivity contribution < 1.29 is 14.3 Å². The molecule has 0 saturated carbocycles. The zero-order valence-corrected chi connectivity index (χ0v) is 15.5. The molecule has 0 aliphatic carbocycles. The lowest BCUT2D eigenvalue weighted by Crippen LogP contribution is -2.49. The number of ether oxygens (including phenoxy) is 1. The maximum Gasteiger partial charge on any atom is 0.245 e. The Morgan fingerprint density at radius 1 is 1.12 bits per heavy atom. The van der Waals surface area contributed by atoms with E-state index in [0.29, 0.717) is 6.54 Å². The Hall–Kier alpha value is -2.56. The fourth-order valence-electron chi connectivity index (χ4n) is 2.82. The molecule has 5 nitrogen and oxygen atoms in total. The van der Waals surface area contributed by atoms with Crippen LogP contribution in [-0.2, 0) is 16.1 Å².